The molecular formula is C23H21N5O4S. The first-order chi connectivity index (χ1) is 16.1. The van der Waals surface area contributed by atoms with E-state index in [1.54, 1.807) is 12.1 Å². The van der Waals surface area contributed by atoms with Gasteiger partial charge in [0.1, 0.15) is 13.2 Å². The van der Waals surface area contributed by atoms with Crippen LogP contribution in [0, 0.1) is 0 Å². The van der Waals surface area contributed by atoms with E-state index >= 15 is 0 Å². The monoisotopic (exact) mass is 463 g/mol. The van der Waals surface area contributed by atoms with E-state index < -0.39 is 6.10 Å². The molecule has 33 heavy (non-hydrogen) atoms. The van der Waals surface area contributed by atoms with Crippen molar-refractivity contribution >= 4 is 35.0 Å². The fourth-order valence-electron chi connectivity index (χ4n) is 3.75. The standard InChI is InChI=1S/C23H21N5O4S/c1-2-11-27-22(19-13-31-17-9-5-6-10-18(17)32-19)25-26-23(27)33-14-21(30)28-12-20(29)24-15-7-3-4-8-16(15)28/h2-10,19H,1,11-14H2,(H,24,29)/t19-/m1/s1. The van der Waals surface area contributed by atoms with Crippen molar-refractivity contribution in [3.8, 4) is 11.5 Å². The van der Waals surface area contributed by atoms with Crippen molar-refractivity contribution in [3.05, 3.63) is 67.0 Å². The summed E-state index contributed by atoms with van der Waals surface area (Å²) >= 11 is 1.26. The minimum absolute atomic E-state index is 0.0202. The highest BCUT2D eigenvalue weighted by Crippen LogP contribution is 2.36. The van der Waals surface area contributed by atoms with Gasteiger partial charge >= 0.3 is 0 Å². The summed E-state index contributed by atoms with van der Waals surface area (Å²) in [6, 6.07) is 14.7. The Labute approximate surface area is 194 Å². The summed E-state index contributed by atoms with van der Waals surface area (Å²) in [5.41, 5.74) is 1.31. The first-order valence-electron chi connectivity index (χ1n) is 10.4. The van der Waals surface area contributed by atoms with Crippen LogP contribution in [0.15, 0.2) is 66.3 Å². The zero-order valence-corrected chi connectivity index (χ0v) is 18.5. The van der Waals surface area contributed by atoms with Crippen LogP contribution in [0.5, 0.6) is 11.5 Å². The number of thioether (sulfide) groups is 1. The van der Waals surface area contributed by atoms with Gasteiger partial charge in [0.05, 0.1) is 17.1 Å². The Balaban J connectivity index is 1.33. The minimum Gasteiger partial charge on any atom is -0.485 e. The van der Waals surface area contributed by atoms with Crippen LogP contribution in [0.3, 0.4) is 0 Å². The van der Waals surface area contributed by atoms with Crippen molar-refractivity contribution in [2.24, 2.45) is 0 Å². The lowest BCUT2D eigenvalue weighted by Crippen LogP contribution is -2.43. The normalized spacial score (nSPS) is 16.7. The topological polar surface area (TPSA) is 98.6 Å². The van der Waals surface area contributed by atoms with Gasteiger partial charge in [-0.1, -0.05) is 42.1 Å². The predicted molar refractivity (Wildman–Crippen MR) is 124 cm³/mol. The zero-order valence-electron chi connectivity index (χ0n) is 17.6. The van der Waals surface area contributed by atoms with Gasteiger partial charge in [-0.05, 0) is 24.3 Å². The molecule has 10 heteroatoms. The minimum atomic E-state index is -0.435. The fraction of sp³-hybridized carbons (Fsp3) is 0.217. The average Bonchev–Trinajstić information content (AvgIpc) is 3.24. The number of aromatic nitrogens is 3. The van der Waals surface area contributed by atoms with Gasteiger partial charge in [0.2, 0.25) is 11.8 Å². The van der Waals surface area contributed by atoms with Crippen molar-refractivity contribution in [2.45, 2.75) is 17.8 Å². The number of benzene rings is 2. The molecule has 0 saturated carbocycles. The molecule has 2 aliphatic rings. The van der Waals surface area contributed by atoms with Gasteiger partial charge in [0, 0.05) is 6.54 Å². The maximum Gasteiger partial charge on any atom is 0.244 e. The number of ether oxygens (including phenoxy) is 2. The average molecular weight is 464 g/mol. The molecule has 0 saturated heterocycles. The lowest BCUT2D eigenvalue weighted by atomic mass is 10.2. The largest absolute Gasteiger partial charge is 0.485 e. The van der Waals surface area contributed by atoms with Gasteiger partial charge in [0.15, 0.2) is 28.6 Å². The molecule has 168 valence electrons. The molecule has 9 nitrogen and oxygen atoms in total. The summed E-state index contributed by atoms with van der Waals surface area (Å²) in [4.78, 5) is 26.5. The number of carbonyl (C=O) groups excluding carboxylic acids is 2. The molecule has 2 aliphatic heterocycles. The summed E-state index contributed by atoms with van der Waals surface area (Å²) in [7, 11) is 0. The number of para-hydroxylation sites is 4. The van der Waals surface area contributed by atoms with Crippen molar-refractivity contribution in [2.75, 3.05) is 29.1 Å². The van der Waals surface area contributed by atoms with Crippen LogP contribution < -0.4 is 19.7 Å². The molecule has 0 unspecified atom stereocenters. The summed E-state index contributed by atoms with van der Waals surface area (Å²) < 4.78 is 13.8. The van der Waals surface area contributed by atoms with E-state index in [1.807, 2.05) is 47.0 Å². The van der Waals surface area contributed by atoms with Crippen molar-refractivity contribution < 1.29 is 19.1 Å². The fourth-order valence-corrected chi connectivity index (χ4v) is 4.58. The van der Waals surface area contributed by atoms with Crippen LogP contribution >= 0.6 is 11.8 Å². The smallest absolute Gasteiger partial charge is 0.244 e. The molecule has 1 N–H and O–H groups in total. The molecule has 3 aromatic rings. The molecule has 0 aliphatic carbocycles. The molecule has 0 spiro atoms. The van der Waals surface area contributed by atoms with Crippen molar-refractivity contribution in [1.82, 2.24) is 14.8 Å². The molecule has 2 amide bonds. The number of allylic oxidation sites excluding steroid dienone is 1. The number of anilines is 2. The second-order valence-electron chi connectivity index (χ2n) is 7.44. The molecular weight excluding hydrogens is 442 g/mol. The van der Waals surface area contributed by atoms with Gasteiger partial charge < -0.3 is 19.7 Å². The summed E-state index contributed by atoms with van der Waals surface area (Å²) in [5.74, 6) is 1.62. The Hall–Kier alpha value is -3.79. The van der Waals surface area contributed by atoms with Gasteiger partial charge in [-0.2, -0.15) is 0 Å². The van der Waals surface area contributed by atoms with Gasteiger partial charge in [-0.15, -0.1) is 16.8 Å². The third-order valence-electron chi connectivity index (χ3n) is 5.25. The predicted octanol–water partition coefficient (Wildman–Crippen LogP) is 3.05. The van der Waals surface area contributed by atoms with Crippen LogP contribution in [0.4, 0.5) is 11.4 Å². The van der Waals surface area contributed by atoms with Crippen molar-refractivity contribution in [3.63, 3.8) is 0 Å². The summed E-state index contributed by atoms with van der Waals surface area (Å²) in [6.07, 6.45) is 1.30. The van der Waals surface area contributed by atoms with Crippen LogP contribution in [0.25, 0.3) is 0 Å². The van der Waals surface area contributed by atoms with Crippen LogP contribution in [-0.2, 0) is 16.1 Å². The van der Waals surface area contributed by atoms with E-state index in [1.165, 1.54) is 16.7 Å². The molecule has 2 aromatic carbocycles. The van der Waals surface area contributed by atoms with E-state index in [-0.39, 0.29) is 24.1 Å². The van der Waals surface area contributed by atoms with Gasteiger partial charge in [-0.25, -0.2) is 0 Å². The van der Waals surface area contributed by atoms with E-state index in [4.69, 9.17) is 9.47 Å². The number of carbonyl (C=O) groups is 2. The lowest BCUT2D eigenvalue weighted by Gasteiger charge is -2.29. The number of hydrogen-bond acceptors (Lipinski definition) is 7. The molecule has 0 radical (unpaired) electrons. The zero-order chi connectivity index (χ0) is 22.8. The number of nitrogens with zero attached hydrogens (tertiary/aromatic N) is 4. The highest BCUT2D eigenvalue weighted by atomic mass is 32.2. The van der Waals surface area contributed by atoms with Gasteiger partial charge in [0.25, 0.3) is 0 Å². The SMILES string of the molecule is C=CCn1c(SCC(=O)N2CC(=O)Nc3ccccc32)nnc1[C@H]1COc2ccccc2O1. The first-order valence-corrected chi connectivity index (χ1v) is 11.4. The number of hydrogen-bond donors (Lipinski definition) is 1. The Kier molecular flexibility index (Phi) is 5.74. The first kappa shape index (κ1) is 21.1. The quantitative estimate of drug-likeness (QED) is 0.443. The summed E-state index contributed by atoms with van der Waals surface area (Å²) in [5, 5.41) is 12.0. The Morgan fingerprint density at radius 2 is 1.97 bits per heavy atom. The third-order valence-corrected chi connectivity index (χ3v) is 6.20. The molecule has 0 fully saturated rings. The van der Waals surface area contributed by atoms with Crippen molar-refractivity contribution in [1.29, 1.82) is 0 Å². The number of rotatable bonds is 6. The molecule has 3 heterocycles. The molecule has 1 aromatic heterocycles. The van der Waals surface area contributed by atoms with Crippen LogP contribution in [0.2, 0.25) is 0 Å². The molecule has 1 atom stereocenters. The highest BCUT2D eigenvalue weighted by molar-refractivity contribution is 7.99. The number of nitrogens with one attached hydrogen (secondary N) is 1. The third kappa shape index (κ3) is 4.17. The number of fused-ring (bicyclic) bond motifs is 2. The Morgan fingerprint density at radius 3 is 2.82 bits per heavy atom. The molecule has 0 bridgehead atoms. The summed E-state index contributed by atoms with van der Waals surface area (Å²) in [6.45, 7) is 4.56. The Bertz CT molecular complexity index is 1230. The maximum atomic E-state index is 13.0. The second-order valence-corrected chi connectivity index (χ2v) is 8.38. The molecule has 5 rings (SSSR count). The van der Waals surface area contributed by atoms with Gasteiger partial charge in [-0.3, -0.25) is 14.2 Å². The van der Waals surface area contributed by atoms with E-state index in [0.29, 0.717) is 47.0 Å². The van der Waals surface area contributed by atoms with E-state index in [0.717, 1.165) is 0 Å². The lowest BCUT2D eigenvalue weighted by molar-refractivity contribution is -0.120. The highest BCUT2D eigenvalue weighted by Gasteiger charge is 2.30. The Morgan fingerprint density at radius 1 is 1.18 bits per heavy atom. The van der Waals surface area contributed by atoms with Crippen LogP contribution in [0.1, 0.15) is 11.9 Å². The van der Waals surface area contributed by atoms with E-state index in [9.17, 15) is 9.59 Å². The van der Waals surface area contributed by atoms with E-state index in [2.05, 4.69) is 22.1 Å². The number of amides is 2. The van der Waals surface area contributed by atoms with Crippen LogP contribution in [-0.4, -0.2) is 45.5 Å². The second kappa shape index (κ2) is 8.99. The maximum absolute atomic E-state index is 13.0.